The van der Waals surface area contributed by atoms with Gasteiger partial charge >= 0.3 is 5.91 Å². The summed E-state index contributed by atoms with van der Waals surface area (Å²) in [6.07, 6.45) is 3.40. The van der Waals surface area contributed by atoms with Gasteiger partial charge in [-0.25, -0.2) is 9.37 Å². The third kappa shape index (κ3) is 4.90. The second-order valence-electron chi connectivity index (χ2n) is 7.83. The number of amides is 1. The number of ketones is 1. The molecule has 35 heavy (non-hydrogen) atoms. The van der Waals surface area contributed by atoms with Crippen LogP contribution in [-0.2, 0) is 9.59 Å². The molecule has 2 heterocycles. The van der Waals surface area contributed by atoms with Gasteiger partial charge in [0.25, 0.3) is 5.78 Å². The maximum absolute atomic E-state index is 13.5. The van der Waals surface area contributed by atoms with Gasteiger partial charge in [-0.05, 0) is 55.3 Å². The quantitative estimate of drug-likeness (QED) is 0.183. The van der Waals surface area contributed by atoms with Crippen LogP contribution in [0, 0.1) is 5.82 Å². The fourth-order valence-electron chi connectivity index (χ4n) is 3.85. The zero-order chi connectivity index (χ0) is 24.9. The molecule has 1 aromatic heterocycles. The molecule has 1 N–H and O–H groups in total. The topological polar surface area (TPSA) is 89.0 Å². The number of aliphatic hydroxyl groups excluding tert-OH is 1. The van der Waals surface area contributed by atoms with Gasteiger partial charge in [-0.1, -0.05) is 19.4 Å². The minimum atomic E-state index is -0.963. The lowest BCUT2D eigenvalue weighted by Crippen LogP contribution is -2.29. The summed E-state index contributed by atoms with van der Waals surface area (Å²) in [5, 5.41) is 13.1. The van der Waals surface area contributed by atoms with E-state index in [1.165, 1.54) is 46.7 Å². The number of nitrogens with zero attached hydrogens (tertiary/aromatic N) is 2. The first kappa shape index (κ1) is 24.4. The van der Waals surface area contributed by atoms with Crippen LogP contribution in [0.15, 0.2) is 59.6 Å². The molecule has 0 aliphatic carbocycles. The number of hydrogen-bond acceptors (Lipinski definition) is 7. The van der Waals surface area contributed by atoms with Crippen molar-refractivity contribution in [3.8, 4) is 11.5 Å². The first-order valence-corrected chi connectivity index (χ1v) is 12.2. The monoisotopic (exact) mass is 496 g/mol. The molecule has 9 heteroatoms. The second-order valence-corrected chi connectivity index (χ2v) is 8.70. The highest BCUT2D eigenvalue weighted by Gasteiger charge is 2.48. The Hall–Kier alpha value is -3.72. The van der Waals surface area contributed by atoms with Crippen LogP contribution in [0.25, 0.3) is 5.76 Å². The third-order valence-electron chi connectivity index (χ3n) is 5.53. The molecule has 4 rings (SSSR count). The number of rotatable bonds is 9. The summed E-state index contributed by atoms with van der Waals surface area (Å²) < 4.78 is 25.1. The van der Waals surface area contributed by atoms with E-state index in [0.717, 1.165) is 12.8 Å². The zero-order valence-corrected chi connectivity index (χ0v) is 20.2. The van der Waals surface area contributed by atoms with Crippen molar-refractivity contribution in [3.63, 3.8) is 0 Å². The summed E-state index contributed by atoms with van der Waals surface area (Å²) in [5.74, 6) is -1.53. The number of carbonyl (C=O) groups is 2. The Labute approximate surface area is 206 Å². The third-order valence-corrected chi connectivity index (χ3v) is 6.30. The lowest BCUT2D eigenvalue weighted by molar-refractivity contribution is -0.132. The van der Waals surface area contributed by atoms with Crippen molar-refractivity contribution in [1.29, 1.82) is 0 Å². The van der Waals surface area contributed by atoms with E-state index in [-0.39, 0.29) is 11.1 Å². The number of Topliss-reactive ketones (excluding diaryl/α,β-unsaturated/α-hetero) is 1. The first-order chi connectivity index (χ1) is 17.0. The molecule has 1 atom stereocenters. The average Bonchev–Trinajstić information content (AvgIpc) is 3.47. The zero-order valence-electron chi connectivity index (χ0n) is 19.4. The van der Waals surface area contributed by atoms with E-state index in [1.807, 2.05) is 6.92 Å². The van der Waals surface area contributed by atoms with Gasteiger partial charge in [0.15, 0.2) is 16.6 Å². The van der Waals surface area contributed by atoms with Crippen LogP contribution in [0.4, 0.5) is 9.52 Å². The van der Waals surface area contributed by atoms with Gasteiger partial charge in [0, 0.05) is 17.1 Å². The second kappa shape index (κ2) is 10.7. The Morgan fingerprint density at radius 1 is 1.11 bits per heavy atom. The molecular formula is C26H25FN2O5S. The van der Waals surface area contributed by atoms with Gasteiger partial charge in [0.05, 0.1) is 24.8 Å². The van der Waals surface area contributed by atoms with E-state index in [0.29, 0.717) is 35.4 Å². The molecule has 0 radical (unpaired) electrons. The van der Waals surface area contributed by atoms with E-state index in [9.17, 15) is 19.1 Å². The maximum Gasteiger partial charge on any atom is 0.301 e. The van der Waals surface area contributed by atoms with E-state index < -0.39 is 29.3 Å². The van der Waals surface area contributed by atoms with Gasteiger partial charge in [0.2, 0.25) is 0 Å². The number of halogens is 1. The average molecular weight is 497 g/mol. The Bertz CT molecular complexity index is 1240. The lowest BCUT2D eigenvalue weighted by Gasteiger charge is -2.24. The van der Waals surface area contributed by atoms with Crippen molar-refractivity contribution < 1.29 is 28.6 Å². The largest absolute Gasteiger partial charge is 0.507 e. The maximum atomic E-state index is 13.5. The number of carbonyl (C=O) groups excluding carboxylic acids is 2. The van der Waals surface area contributed by atoms with E-state index in [4.69, 9.17) is 9.47 Å². The SMILES string of the molecule is CCCCOc1ccc(C2C(=C(O)c3ccc(F)cc3)C(=O)C(=O)N2c2nccs2)cc1OCC. The number of ether oxygens (including phenoxy) is 2. The highest BCUT2D eigenvalue weighted by Crippen LogP contribution is 2.44. The fourth-order valence-corrected chi connectivity index (χ4v) is 4.52. The molecule has 7 nitrogen and oxygen atoms in total. The lowest BCUT2D eigenvalue weighted by atomic mass is 9.95. The fraction of sp³-hybridized carbons (Fsp3) is 0.269. The van der Waals surface area contributed by atoms with Crippen molar-refractivity contribution >= 4 is 33.9 Å². The summed E-state index contributed by atoms with van der Waals surface area (Å²) in [6.45, 7) is 4.82. The minimum Gasteiger partial charge on any atom is -0.507 e. The van der Waals surface area contributed by atoms with Gasteiger partial charge in [-0.15, -0.1) is 11.3 Å². The predicted molar refractivity (Wildman–Crippen MR) is 131 cm³/mol. The number of benzene rings is 2. The Balaban J connectivity index is 1.86. The summed E-state index contributed by atoms with van der Waals surface area (Å²) in [4.78, 5) is 31.8. The number of thiazole rings is 1. The van der Waals surface area contributed by atoms with Crippen LogP contribution in [0.3, 0.4) is 0 Å². The Morgan fingerprint density at radius 2 is 1.89 bits per heavy atom. The van der Waals surface area contributed by atoms with E-state index in [1.54, 1.807) is 23.6 Å². The molecule has 3 aromatic rings. The van der Waals surface area contributed by atoms with Crippen LogP contribution < -0.4 is 14.4 Å². The molecule has 2 aromatic carbocycles. The first-order valence-electron chi connectivity index (χ1n) is 11.3. The molecule has 1 aliphatic heterocycles. The molecule has 1 amide bonds. The van der Waals surface area contributed by atoms with Gasteiger partial charge in [0.1, 0.15) is 11.6 Å². The summed E-state index contributed by atoms with van der Waals surface area (Å²) in [5.41, 5.74) is 0.645. The van der Waals surface area contributed by atoms with Crippen LogP contribution in [0.1, 0.15) is 43.9 Å². The van der Waals surface area contributed by atoms with Crippen LogP contribution in [0.2, 0.25) is 0 Å². The molecule has 0 bridgehead atoms. The van der Waals surface area contributed by atoms with Gasteiger partial charge < -0.3 is 14.6 Å². The molecular weight excluding hydrogens is 471 g/mol. The highest BCUT2D eigenvalue weighted by atomic mass is 32.1. The van der Waals surface area contributed by atoms with Gasteiger partial charge in [-0.3, -0.25) is 14.5 Å². The number of anilines is 1. The summed E-state index contributed by atoms with van der Waals surface area (Å²) in [7, 11) is 0. The molecule has 1 fully saturated rings. The number of aliphatic hydroxyl groups is 1. The van der Waals surface area contributed by atoms with Crippen molar-refractivity contribution in [2.24, 2.45) is 0 Å². The number of hydrogen-bond donors (Lipinski definition) is 1. The normalized spacial score (nSPS) is 17.1. The predicted octanol–water partition coefficient (Wildman–Crippen LogP) is 5.49. The molecule has 0 spiro atoms. The summed E-state index contributed by atoms with van der Waals surface area (Å²) >= 11 is 1.20. The van der Waals surface area contributed by atoms with Crippen molar-refractivity contribution in [2.45, 2.75) is 32.7 Å². The molecule has 182 valence electrons. The van der Waals surface area contributed by atoms with Gasteiger partial charge in [-0.2, -0.15) is 0 Å². The Kier molecular flexibility index (Phi) is 7.45. The smallest absolute Gasteiger partial charge is 0.301 e. The van der Waals surface area contributed by atoms with Crippen molar-refractivity contribution in [3.05, 3.63) is 76.6 Å². The van der Waals surface area contributed by atoms with Crippen LogP contribution >= 0.6 is 11.3 Å². The van der Waals surface area contributed by atoms with Crippen LogP contribution in [-0.4, -0.2) is 35.0 Å². The molecule has 1 saturated heterocycles. The van der Waals surface area contributed by atoms with Crippen molar-refractivity contribution in [1.82, 2.24) is 4.98 Å². The Morgan fingerprint density at radius 3 is 2.54 bits per heavy atom. The van der Waals surface area contributed by atoms with E-state index in [2.05, 4.69) is 11.9 Å². The highest BCUT2D eigenvalue weighted by molar-refractivity contribution is 7.14. The van der Waals surface area contributed by atoms with Crippen molar-refractivity contribution in [2.75, 3.05) is 18.1 Å². The van der Waals surface area contributed by atoms with Crippen LogP contribution in [0.5, 0.6) is 11.5 Å². The molecule has 1 aliphatic rings. The minimum absolute atomic E-state index is 0.112. The molecule has 0 saturated carbocycles. The number of unbranched alkanes of at least 4 members (excludes halogenated alkanes) is 1. The molecule has 1 unspecified atom stereocenters. The number of aromatic nitrogens is 1. The van der Waals surface area contributed by atoms with E-state index >= 15 is 0 Å². The summed E-state index contributed by atoms with van der Waals surface area (Å²) in [6, 6.07) is 9.28. The standard InChI is InChI=1S/C26H25FN2O5S/c1-3-5-13-34-19-11-8-17(15-20(19)33-4-2)22-21(23(30)16-6-9-18(27)10-7-16)24(31)25(32)29(22)26-28-12-14-35-26/h6-12,14-15,22,30H,3-5,13H2,1-2H3.